The number of halogens is 1. The molecule has 2 rings (SSSR count). The van der Waals surface area contributed by atoms with Crippen LogP contribution in [0.15, 0.2) is 12.7 Å². The molecule has 1 unspecified atom stereocenters. The Balaban J connectivity index is 2.11. The minimum Gasteiger partial charge on any atom is -0.354 e. The quantitative estimate of drug-likeness (QED) is 0.796. The van der Waals surface area contributed by atoms with E-state index in [9.17, 15) is 4.79 Å². The lowest BCUT2D eigenvalue weighted by molar-refractivity contribution is -0.121. The second kappa shape index (κ2) is 6.93. The largest absolute Gasteiger partial charge is 0.354 e. The summed E-state index contributed by atoms with van der Waals surface area (Å²) in [5, 5.41) is 9.56. The minimum absolute atomic E-state index is 0.000772. The van der Waals surface area contributed by atoms with Crippen molar-refractivity contribution < 1.29 is 4.79 Å². The highest BCUT2D eigenvalue weighted by Gasteiger charge is 2.15. The second-order valence-corrected chi connectivity index (χ2v) is 4.56. The first-order valence-electron chi connectivity index (χ1n) is 6.41. The Morgan fingerprint density at radius 3 is 2.90 bits per heavy atom. The van der Waals surface area contributed by atoms with Crippen molar-refractivity contribution in [3.8, 4) is 5.95 Å². The highest BCUT2D eigenvalue weighted by atomic mass is 35.5. The van der Waals surface area contributed by atoms with E-state index in [-0.39, 0.29) is 23.1 Å². The predicted molar refractivity (Wildman–Crippen MR) is 76.1 cm³/mol. The summed E-state index contributed by atoms with van der Waals surface area (Å²) in [6, 6.07) is -0.501. The summed E-state index contributed by atoms with van der Waals surface area (Å²) in [7, 11) is 0. The zero-order chi connectivity index (χ0) is 15.2. The standard InChI is InChI=1S/C11H15ClN8O/c1-3-4-14-8(21)7(2)16-10-17-9(12)18-11(19-10)20-6-13-5-15-20/h5-7H,3-4H2,1-2H3,(H,14,21)(H,16,17,18,19). The van der Waals surface area contributed by atoms with Crippen LogP contribution >= 0.6 is 11.6 Å². The molecule has 0 radical (unpaired) electrons. The molecule has 0 bridgehead atoms. The molecule has 0 aliphatic heterocycles. The fraction of sp³-hybridized carbons (Fsp3) is 0.455. The molecule has 0 saturated carbocycles. The van der Waals surface area contributed by atoms with Crippen LogP contribution in [0.2, 0.25) is 5.28 Å². The number of amides is 1. The lowest BCUT2D eigenvalue weighted by Gasteiger charge is -2.13. The molecule has 2 heterocycles. The van der Waals surface area contributed by atoms with Crippen LogP contribution in [-0.2, 0) is 4.79 Å². The van der Waals surface area contributed by atoms with Crippen LogP contribution in [0.4, 0.5) is 5.95 Å². The van der Waals surface area contributed by atoms with Gasteiger partial charge in [-0.1, -0.05) is 6.92 Å². The summed E-state index contributed by atoms with van der Waals surface area (Å²) in [6.45, 7) is 4.30. The molecular weight excluding hydrogens is 296 g/mol. The first kappa shape index (κ1) is 15.1. The summed E-state index contributed by atoms with van der Waals surface area (Å²) in [6.07, 6.45) is 3.66. The normalized spacial score (nSPS) is 12.0. The van der Waals surface area contributed by atoms with E-state index in [4.69, 9.17) is 11.6 Å². The van der Waals surface area contributed by atoms with E-state index in [0.29, 0.717) is 6.54 Å². The third kappa shape index (κ3) is 4.09. The number of anilines is 1. The zero-order valence-corrected chi connectivity index (χ0v) is 12.4. The highest BCUT2D eigenvalue weighted by Crippen LogP contribution is 2.09. The number of carbonyl (C=O) groups excluding carboxylic acids is 1. The summed E-state index contributed by atoms with van der Waals surface area (Å²) in [5.41, 5.74) is 0. The lowest BCUT2D eigenvalue weighted by atomic mass is 10.3. The van der Waals surface area contributed by atoms with E-state index < -0.39 is 6.04 Å². The van der Waals surface area contributed by atoms with Gasteiger partial charge in [-0.2, -0.15) is 24.7 Å². The van der Waals surface area contributed by atoms with Gasteiger partial charge in [0.2, 0.25) is 17.1 Å². The van der Waals surface area contributed by atoms with E-state index >= 15 is 0 Å². The van der Waals surface area contributed by atoms with Gasteiger partial charge in [0.1, 0.15) is 18.7 Å². The molecule has 2 N–H and O–H groups in total. The number of carbonyl (C=O) groups is 1. The average Bonchev–Trinajstić information content (AvgIpc) is 2.98. The Hall–Kier alpha value is -2.29. The van der Waals surface area contributed by atoms with E-state index in [0.717, 1.165) is 6.42 Å². The van der Waals surface area contributed by atoms with Crippen LogP contribution in [0.3, 0.4) is 0 Å². The van der Waals surface area contributed by atoms with Crippen LogP contribution in [-0.4, -0.2) is 48.2 Å². The van der Waals surface area contributed by atoms with Gasteiger partial charge in [0.05, 0.1) is 0 Å². The van der Waals surface area contributed by atoms with Gasteiger partial charge in [-0.25, -0.2) is 4.98 Å². The van der Waals surface area contributed by atoms with Gasteiger partial charge in [0.15, 0.2) is 0 Å². The molecule has 10 heteroatoms. The van der Waals surface area contributed by atoms with Gasteiger partial charge in [0.25, 0.3) is 5.95 Å². The molecule has 9 nitrogen and oxygen atoms in total. The number of hydrogen-bond donors (Lipinski definition) is 2. The molecule has 112 valence electrons. The van der Waals surface area contributed by atoms with Crippen molar-refractivity contribution in [3.05, 3.63) is 17.9 Å². The van der Waals surface area contributed by atoms with Gasteiger partial charge in [-0.15, -0.1) is 0 Å². The molecule has 0 aliphatic carbocycles. The third-order valence-electron chi connectivity index (χ3n) is 2.51. The Kier molecular flexibility index (Phi) is 4.99. The Labute approximate surface area is 126 Å². The molecular formula is C11H15ClN8O. The predicted octanol–water partition coefficient (Wildman–Crippen LogP) is 0.432. The monoisotopic (exact) mass is 310 g/mol. The number of nitrogens with one attached hydrogen (secondary N) is 2. The second-order valence-electron chi connectivity index (χ2n) is 4.23. The smallest absolute Gasteiger partial charge is 0.258 e. The minimum atomic E-state index is -0.501. The van der Waals surface area contributed by atoms with Gasteiger partial charge in [-0.3, -0.25) is 4.79 Å². The van der Waals surface area contributed by atoms with Crippen molar-refractivity contribution in [2.24, 2.45) is 0 Å². The first-order chi connectivity index (χ1) is 10.1. The fourth-order valence-electron chi connectivity index (χ4n) is 1.48. The third-order valence-corrected chi connectivity index (χ3v) is 2.68. The lowest BCUT2D eigenvalue weighted by Crippen LogP contribution is -2.38. The molecule has 0 fully saturated rings. The van der Waals surface area contributed by atoms with E-state index in [1.54, 1.807) is 6.92 Å². The Morgan fingerprint density at radius 2 is 2.24 bits per heavy atom. The Morgan fingerprint density at radius 1 is 1.43 bits per heavy atom. The molecule has 0 spiro atoms. The molecule has 0 saturated heterocycles. The zero-order valence-electron chi connectivity index (χ0n) is 11.6. The molecule has 2 aromatic heterocycles. The van der Waals surface area contributed by atoms with Crippen molar-refractivity contribution >= 4 is 23.5 Å². The number of hydrogen-bond acceptors (Lipinski definition) is 7. The maximum Gasteiger partial charge on any atom is 0.258 e. The molecule has 2 aromatic rings. The van der Waals surface area contributed by atoms with E-state index in [2.05, 4.69) is 35.7 Å². The van der Waals surface area contributed by atoms with Gasteiger partial charge in [-0.05, 0) is 24.9 Å². The number of aromatic nitrogens is 6. The maximum absolute atomic E-state index is 11.8. The summed E-state index contributed by atoms with van der Waals surface area (Å²) in [4.78, 5) is 27.6. The summed E-state index contributed by atoms with van der Waals surface area (Å²) in [5.74, 6) is 0.270. The van der Waals surface area contributed by atoms with Crippen LogP contribution in [0.1, 0.15) is 20.3 Å². The molecule has 1 amide bonds. The van der Waals surface area contributed by atoms with Crippen LogP contribution < -0.4 is 10.6 Å². The van der Waals surface area contributed by atoms with Crippen molar-refractivity contribution in [2.75, 3.05) is 11.9 Å². The summed E-state index contributed by atoms with van der Waals surface area (Å²) >= 11 is 5.85. The van der Waals surface area contributed by atoms with Crippen molar-refractivity contribution in [1.29, 1.82) is 0 Å². The van der Waals surface area contributed by atoms with Crippen molar-refractivity contribution in [3.63, 3.8) is 0 Å². The molecule has 1 atom stereocenters. The first-order valence-corrected chi connectivity index (χ1v) is 6.78. The van der Waals surface area contributed by atoms with Crippen LogP contribution in [0.25, 0.3) is 5.95 Å². The van der Waals surface area contributed by atoms with Crippen LogP contribution in [0, 0.1) is 0 Å². The van der Waals surface area contributed by atoms with E-state index in [1.165, 1.54) is 17.3 Å². The molecule has 0 aliphatic rings. The van der Waals surface area contributed by atoms with Gasteiger partial charge in [0, 0.05) is 6.54 Å². The Bertz CT molecular complexity index is 602. The molecule has 0 aromatic carbocycles. The SMILES string of the molecule is CCCNC(=O)C(C)Nc1nc(Cl)nc(-n2cncn2)n1. The fourth-order valence-corrected chi connectivity index (χ4v) is 1.63. The average molecular weight is 311 g/mol. The summed E-state index contributed by atoms with van der Waals surface area (Å²) < 4.78 is 1.35. The number of rotatable bonds is 6. The van der Waals surface area contributed by atoms with Crippen molar-refractivity contribution in [2.45, 2.75) is 26.3 Å². The topological polar surface area (TPSA) is 111 Å². The van der Waals surface area contributed by atoms with Crippen LogP contribution in [0.5, 0.6) is 0 Å². The van der Waals surface area contributed by atoms with Crippen molar-refractivity contribution in [1.82, 2.24) is 35.0 Å². The van der Waals surface area contributed by atoms with E-state index in [1.807, 2.05) is 6.92 Å². The number of nitrogens with zero attached hydrogens (tertiary/aromatic N) is 6. The highest BCUT2D eigenvalue weighted by molar-refractivity contribution is 6.28. The van der Waals surface area contributed by atoms with Gasteiger partial charge >= 0.3 is 0 Å². The molecule has 21 heavy (non-hydrogen) atoms. The maximum atomic E-state index is 11.8. The van der Waals surface area contributed by atoms with Gasteiger partial charge < -0.3 is 10.6 Å².